The van der Waals surface area contributed by atoms with Crippen molar-refractivity contribution in [3.05, 3.63) is 0 Å². The number of aliphatic carboxylic acids is 1. The van der Waals surface area contributed by atoms with E-state index >= 15 is 0 Å². The molecule has 3 N–H and O–H groups in total. The lowest BCUT2D eigenvalue weighted by Gasteiger charge is -2.32. The zero-order valence-electron chi connectivity index (χ0n) is 14.2. The number of carboxylic acid groups (broad SMARTS) is 1. The summed E-state index contributed by atoms with van der Waals surface area (Å²) in [5.41, 5.74) is -2.09. The molecule has 0 heterocycles. The van der Waals surface area contributed by atoms with Crippen molar-refractivity contribution in [1.29, 1.82) is 0 Å². The van der Waals surface area contributed by atoms with Crippen LogP contribution in [0.1, 0.15) is 78.6 Å². The summed E-state index contributed by atoms with van der Waals surface area (Å²) in [6.07, 6.45) is 5.38. The molecule has 5 heteroatoms. The predicted molar refractivity (Wildman–Crippen MR) is 85.7 cm³/mol. The van der Waals surface area contributed by atoms with E-state index in [4.69, 9.17) is 0 Å². The van der Waals surface area contributed by atoms with E-state index in [1.807, 2.05) is 6.92 Å². The zero-order valence-corrected chi connectivity index (χ0v) is 14.2. The first-order valence-electron chi connectivity index (χ1n) is 8.45. The predicted octanol–water partition coefficient (Wildman–Crippen LogP) is 2.92. The molecule has 22 heavy (non-hydrogen) atoms. The van der Waals surface area contributed by atoms with Gasteiger partial charge >= 0.3 is 5.97 Å². The Kier molecular flexibility index (Phi) is 10.3. The molecule has 0 aromatic rings. The summed E-state index contributed by atoms with van der Waals surface area (Å²) in [6.45, 7) is 5.25. The summed E-state index contributed by atoms with van der Waals surface area (Å²) in [5.74, 6) is -2.72. The van der Waals surface area contributed by atoms with Crippen LogP contribution in [0.5, 0.6) is 0 Å². The Morgan fingerprint density at radius 2 is 1.55 bits per heavy atom. The van der Waals surface area contributed by atoms with Gasteiger partial charge in [-0.1, -0.05) is 52.4 Å². The van der Waals surface area contributed by atoms with Gasteiger partial charge in [0.2, 0.25) is 0 Å². The first-order valence-corrected chi connectivity index (χ1v) is 8.45. The number of rotatable bonds is 13. The molecule has 3 atom stereocenters. The summed E-state index contributed by atoms with van der Waals surface area (Å²) in [4.78, 5) is 23.3. The van der Waals surface area contributed by atoms with Crippen molar-refractivity contribution in [2.45, 2.75) is 90.3 Å². The van der Waals surface area contributed by atoms with Crippen LogP contribution < -0.4 is 0 Å². The van der Waals surface area contributed by atoms with Crippen molar-refractivity contribution in [1.82, 2.24) is 0 Å². The van der Waals surface area contributed by atoms with Crippen LogP contribution in [0.3, 0.4) is 0 Å². The van der Waals surface area contributed by atoms with Crippen molar-refractivity contribution < 1.29 is 24.9 Å². The molecule has 0 aromatic carbocycles. The van der Waals surface area contributed by atoms with E-state index in [0.717, 1.165) is 32.1 Å². The Bertz CT molecular complexity index is 338. The van der Waals surface area contributed by atoms with E-state index in [1.54, 1.807) is 0 Å². The molecule has 0 aliphatic heterocycles. The number of unbranched alkanes of at least 4 members (excludes halogenated alkanes) is 5. The number of hydrogen-bond acceptors (Lipinski definition) is 4. The van der Waals surface area contributed by atoms with Gasteiger partial charge in [0, 0.05) is 12.3 Å². The monoisotopic (exact) mass is 316 g/mol. The summed E-state index contributed by atoms with van der Waals surface area (Å²) in [5, 5.41) is 29.6. The van der Waals surface area contributed by atoms with Crippen molar-refractivity contribution >= 4 is 11.8 Å². The SMILES string of the molecule is CCCCCCC(=O)C(O)C(CCCCC)C(C)(O)C(=O)O. The molecule has 3 unspecified atom stereocenters. The normalized spacial score (nSPS) is 16.8. The van der Waals surface area contributed by atoms with Crippen molar-refractivity contribution in [2.75, 3.05) is 0 Å². The molecule has 0 bridgehead atoms. The first kappa shape index (κ1) is 21.1. The third-order valence-corrected chi connectivity index (χ3v) is 4.26. The highest BCUT2D eigenvalue weighted by molar-refractivity contribution is 5.85. The van der Waals surface area contributed by atoms with Crippen LogP contribution in [-0.2, 0) is 9.59 Å². The number of ketones is 1. The molecule has 5 nitrogen and oxygen atoms in total. The van der Waals surface area contributed by atoms with Crippen LogP contribution >= 0.6 is 0 Å². The quantitative estimate of drug-likeness (QED) is 0.454. The smallest absolute Gasteiger partial charge is 0.335 e. The zero-order chi connectivity index (χ0) is 17.2. The molecule has 0 aliphatic rings. The molecule has 0 rings (SSSR count). The van der Waals surface area contributed by atoms with Gasteiger partial charge in [-0.05, 0) is 19.8 Å². The van der Waals surface area contributed by atoms with Gasteiger partial charge in [-0.3, -0.25) is 4.79 Å². The summed E-state index contributed by atoms with van der Waals surface area (Å²) < 4.78 is 0. The first-order chi connectivity index (χ1) is 10.3. The number of carboxylic acids is 1. The van der Waals surface area contributed by atoms with Gasteiger partial charge in [-0.25, -0.2) is 4.79 Å². The Hall–Kier alpha value is -0.940. The number of hydrogen-bond donors (Lipinski definition) is 3. The molecule has 0 spiro atoms. The topological polar surface area (TPSA) is 94.8 Å². The number of aliphatic hydroxyl groups excluding tert-OH is 1. The van der Waals surface area contributed by atoms with Crippen molar-refractivity contribution in [2.24, 2.45) is 5.92 Å². The number of Topliss-reactive ketones (excluding diaryl/α,β-unsaturated/α-hetero) is 1. The summed E-state index contributed by atoms with van der Waals surface area (Å²) in [6, 6.07) is 0. The Morgan fingerprint density at radius 1 is 1.00 bits per heavy atom. The minimum atomic E-state index is -2.09. The van der Waals surface area contributed by atoms with E-state index in [-0.39, 0.29) is 12.2 Å². The molecule has 0 saturated carbocycles. The molecule has 0 aliphatic carbocycles. The fourth-order valence-corrected chi connectivity index (χ4v) is 2.62. The maximum Gasteiger partial charge on any atom is 0.335 e. The Balaban J connectivity index is 4.76. The molecule has 0 aromatic heterocycles. The van der Waals surface area contributed by atoms with Gasteiger partial charge in [0.1, 0.15) is 6.10 Å². The van der Waals surface area contributed by atoms with Crippen LogP contribution in [-0.4, -0.2) is 38.8 Å². The minimum Gasteiger partial charge on any atom is -0.479 e. The number of carbonyl (C=O) groups is 2. The highest BCUT2D eigenvalue weighted by Gasteiger charge is 2.44. The fourth-order valence-electron chi connectivity index (χ4n) is 2.62. The Labute approximate surface area is 133 Å². The molecule has 0 saturated heterocycles. The van der Waals surface area contributed by atoms with Gasteiger partial charge in [0.05, 0.1) is 0 Å². The highest BCUT2D eigenvalue weighted by Crippen LogP contribution is 2.28. The van der Waals surface area contributed by atoms with Gasteiger partial charge in [0.25, 0.3) is 0 Å². The van der Waals surface area contributed by atoms with E-state index in [1.165, 1.54) is 6.92 Å². The second kappa shape index (κ2) is 10.7. The molecule has 0 amide bonds. The molecule has 0 radical (unpaired) electrons. The molecular weight excluding hydrogens is 284 g/mol. The third-order valence-electron chi connectivity index (χ3n) is 4.26. The highest BCUT2D eigenvalue weighted by atomic mass is 16.4. The van der Waals surface area contributed by atoms with Crippen LogP contribution in [0.15, 0.2) is 0 Å². The van der Waals surface area contributed by atoms with Crippen LogP contribution in [0.4, 0.5) is 0 Å². The fraction of sp³-hybridized carbons (Fsp3) is 0.882. The van der Waals surface area contributed by atoms with Crippen molar-refractivity contribution in [3.8, 4) is 0 Å². The van der Waals surface area contributed by atoms with Crippen molar-refractivity contribution in [3.63, 3.8) is 0 Å². The van der Waals surface area contributed by atoms with E-state index < -0.39 is 23.6 Å². The molecule has 130 valence electrons. The second-order valence-electron chi connectivity index (χ2n) is 6.28. The molecular formula is C17H32O5. The Morgan fingerprint density at radius 3 is 2.05 bits per heavy atom. The lowest BCUT2D eigenvalue weighted by Crippen LogP contribution is -2.50. The average Bonchev–Trinajstić information content (AvgIpc) is 2.46. The van der Waals surface area contributed by atoms with Crippen LogP contribution in [0.25, 0.3) is 0 Å². The second-order valence-corrected chi connectivity index (χ2v) is 6.28. The molecule has 0 fully saturated rings. The van der Waals surface area contributed by atoms with E-state index in [0.29, 0.717) is 19.3 Å². The average molecular weight is 316 g/mol. The lowest BCUT2D eigenvalue weighted by molar-refractivity contribution is -0.170. The summed E-state index contributed by atoms with van der Waals surface area (Å²) >= 11 is 0. The van der Waals surface area contributed by atoms with Gasteiger partial charge in [0.15, 0.2) is 11.4 Å². The van der Waals surface area contributed by atoms with Gasteiger partial charge < -0.3 is 15.3 Å². The largest absolute Gasteiger partial charge is 0.479 e. The number of aliphatic hydroxyl groups is 2. The van der Waals surface area contributed by atoms with Crippen LogP contribution in [0, 0.1) is 5.92 Å². The van der Waals surface area contributed by atoms with E-state index in [9.17, 15) is 24.9 Å². The van der Waals surface area contributed by atoms with Gasteiger partial charge in [-0.15, -0.1) is 0 Å². The standard InChI is InChI=1S/C17H32O5/c1-4-6-8-10-12-14(18)15(19)13(11-9-7-5-2)17(3,22)16(20)21/h13,15,19,22H,4-12H2,1-3H3,(H,20,21). The lowest BCUT2D eigenvalue weighted by atomic mass is 9.79. The minimum absolute atomic E-state index is 0.237. The van der Waals surface area contributed by atoms with E-state index in [2.05, 4.69) is 6.92 Å². The number of carbonyl (C=O) groups excluding carboxylic acids is 1. The maximum atomic E-state index is 12.1. The summed E-state index contributed by atoms with van der Waals surface area (Å²) in [7, 11) is 0. The third kappa shape index (κ3) is 6.88. The van der Waals surface area contributed by atoms with Gasteiger partial charge in [-0.2, -0.15) is 0 Å². The maximum absolute atomic E-state index is 12.1. The van der Waals surface area contributed by atoms with Crippen LogP contribution in [0.2, 0.25) is 0 Å².